The minimum Gasteiger partial charge on any atom is -0.467 e. The Morgan fingerprint density at radius 2 is 1.82 bits per heavy atom. The zero-order valence-electron chi connectivity index (χ0n) is 12.6. The normalized spacial score (nSPS) is 10.1. The van der Waals surface area contributed by atoms with Crippen LogP contribution in [-0.4, -0.2) is 32.5 Å². The molecule has 0 spiro atoms. The molecule has 2 aromatic rings. The fourth-order valence-corrected chi connectivity index (χ4v) is 1.83. The molecule has 0 unspecified atom stereocenters. The van der Waals surface area contributed by atoms with Gasteiger partial charge >= 0.3 is 0 Å². The van der Waals surface area contributed by atoms with Crippen LogP contribution in [0, 0.1) is 0 Å². The van der Waals surface area contributed by atoms with E-state index >= 15 is 0 Å². The molecule has 22 heavy (non-hydrogen) atoms. The van der Waals surface area contributed by atoms with Gasteiger partial charge < -0.3 is 20.0 Å². The summed E-state index contributed by atoms with van der Waals surface area (Å²) in [6, 6.07) is 10.7. The number of nitrogens with one attached hydrogen (secondary N) is 2. The van der Waals surface area contributed by atoms with Crippen molar-refractivity contribution in [3.8, 4) is 0 Å². The molecule has 0 bridgehead atoms. The molecule has 1 aromatic carbocycles. The molecule has 1 heterocycles. The van der Waals surface area contributed by atoms with Gasteiger partial charge in [-0.3, -0.25) is 9.59 Å². The molecule has 0 atom stereocenters. The Bertz CT molecular complexity index is 619. The van der Waals surface area contributed by atoms with E-state index in [2.05, 4.69) is 10.6 Å². The van der Waals surface area contributed by atoms with Crippen LogP contribution in [0.5, 0.6) is 0 Å². The van der Waals surface area contributed by atoms with Crippen LogP contribution in [0.25, 0.3) is 0 Å². The highest BCUT2D eigenvalue weighted by atomic mass is 16.3. The van der Waals surface area contributed by atoms with Crippen LogP contribution in [0.4, 0.5) is 5.69 Å². The first-order valence-electron chi connectivity index (χ1n) is 6.91. The van der Waals surface area contributed by atoms with Crippen molar-refractivity contribution < 1.29 is 14.0 Å². The maximum atomic E-state index is 11.9. The second kappa shape index (κ2) is 7.31. The smallest absolute Gasteiger partial charge is 0.251 e. The number of furan rings is 1. The summed E-state index contributed by atoms with van der Waals surface area (Å²) in [6.45, 7) is 0.230. The highest BCUT2D eigenvalue weighted by Crippen LogP contribution is 2.11. The zero-order chi connectivity index (χ0) is 15.9. The molecule has 2 rings (SSSR count). The number of hydrogen-bond donors (Lipinski definition) is 2. The summed E-state index contributed by atoms with van der Waals surface area (Å²) in [6.07, 6.45) is 1.54. The third-order valence-electron chi connectivity index (χ3n) is 3.10. The number of hydrogen-bond acceptors (Lipinski definition) is 4. The summed E-state index contributed by atoms with van der Waals surface area (Å²) >= 11 is 0. The molecule has 0 aliphatic heterocycles. The molecule has 2 amide bonds. The molecule has 116 valence electrons. The maximum absolute atomic E-state index is 11.9. The minimum atomic E-state index is -0.279. The molecule has 0 aliphatic rings. The van der Waals surface area contributed by atoms with E-state index in [4.69, 9.17) is 4.42 Å². The van der Waals surface area contributed by atoms with E-state index in [1.807, 2.05) is 31.1 Å². The van der Waals surface area contributed by atoms with Crippen LogP contribution in [0.15, 0.2) is 47.1 Å². The Hall–Kier alpha value is -2.76. The van der Waals surface area contributed by atoms with E-state index in [1.165, 1.54) is 0 Å². The Balaban J connectivity index is 1.78. The number of rotatable bonds is 6. The van der Waals surface area contributed by atoms with Crippen LogP contribution < -0.4 is 15.5 Å². The van der Waals surface area contributed by atoms with Crippen LogP contribution in [0.1, 0.15) is 16.1 Å². The van der Waals surface area contributed by atoms with Crippen molar-refractivity contribution >= 4 is 17.5 Å². The van der Waals surface area contributed by atoms with Crippen molar-refractivity contribution in [1.82, 2.24) is 10.6 Å². The summed E-state index contributed by atoms with van der Waals surface area (Å²) in [4.78, 5) is 25.5. The lowest BCUT2D eigenvalue weighted by Gasteiger charge is -2.12. The quantitative estimate of drug-likeness (QED) is 0.845. The molecule has 0 saturated carbocycles. The summed E-state index contributed by atoms with van der Waals surface area (Å²) in [5, 5.41) is 5.24. The number of amides is 2. The van der Waals surface area contributed by atoms with E-state index in [-0.39, 0.29) is 18.4 Å². The van der Waals surface area contributed by atoms with Crippen molar-refractivity contribution in [1.29, 1.82) is 0 Å². The fourth-order valence-electron chi connectivity index (χ4n) is 1.83. The predicted octanol–water partition coefficient (Wildman–Crippen LogP) is 1.39. The minimum absolute atomic E-state index is 0.0744. The Labute approximate surface area is 129 Å². The van der Waals surface area contributed by atoms with Crippen molar-refractivity contribution in [3.05, 3.63) is 54.0 Å². The van der Waals surface area contributed by atoms with E-state index in [0.717, 1.165) is 5.69 Å². The lowest BCUT2D eigenvalue weighted by Crippen LogP contribution is -2.36. The van der Waals surface area contributed by atoms with Crippen molar-refractivity contribution in [2.45, 2.75) is 6.54 Å². The molecule has 0 radical (unpaired) electrons. The van der Waals surface area contributed by atoms with Crippen LogP contribution in [0.2, 0.25) is 0 Å². The van der Waals surface area contributed by atoms with Gasteiger partial charge in [0.1, 0.15) is 5.76 Å². The van der Waals surface area contributed by atoms with Gasteiger partial charge in [0.25, 0.3) is 5.91 Å². The third kappa shape index (κ3) is 4.37. The van der Waals surface area contributed by atoms with Crippen LogP contribution in [0.3, 0.4) is 0 Å². The molecular formula is C16H19N3O3. The van der Waals surface area contributed by atoms with E-state index in [1.54, 1.807) is 30.5 Å². The lowest BCUT2D eigenvalue weighted by molar-refractivity contribution is -0.120. The number of carbonyl (C=O) groups is 2. The molecular weight excluding hydrogens is 282 g/mol. The molecule has 0 aliphatic carbocycles. The first kappa shape index (κ1) is 15.6. The summed E-state index contributed by atoms with van der Waals surface area (Å²) in [5.41, 5.74) is 1.53. The van der Waals surface area contributed by atoms with Gasteiger partial charge in [-0.15, -0.1) is 0 Å². The fraction of sp³-hybridized carbons (Fsp3) is 0.250. The van der Waals surface area contributed by atoms with Crippen LogP contribution in [-0.2, 0) is 11.3 Å². The molecule has 6 nitrogen and oxygen atoms in total. The van der Waals surface area contributed by atoms with Gasteiger partial charge in [-0.05, 0) is 36.4 Å². The van der Waals surface area contributed by atoms with Gasteiger partial charge in [0, 0.05) is 25.3 Å². The summed E-state index contributed by atoms with van der Waals surface area (Å²) in [5.74, 6) is 0.118. The van der Waals surface area contributed by atoms with Gasteiger partial charge in [-0.1, -0.05) is 0 Å². The second-order valence-electron chi connectivity index (χ2n) is 4.98. The maximum Gasteiger partial charge on any atom is 0.251 e. The topological polar surface area (TPSA) is 74.6 Å². The third-order valence-corrected chi connectivity index (χ3v) is 3.10. The number of anilines is 1. The van der Waals surface area contributed by atoms with Crippen LogP contribution >= 0.6 is 0 Å². The van der Waals surface area contributed by atoms with Gasteiger partial charge in [0.2, 0.25) is 5.91 Å². The number of carbonyl (C=O) groups excluding carboxylic acids is 2. The molecule has 2 N–H and O–H groups in total. The number of nitrogens with zero attached hydrogens (tertiary/aromatic N) is 1. The first-order valence-corrected chi connectivity index (χ1v) is 6.91. The Morgan fingerprint density at radius 1 is 1.09 bits per heavy atom. The van der Waals surface area contributed by atoms with Crippen molar-refractivity contribution in [2.24, 2.45) is 0 Å². The van der Waals surface area contributed by atoms with Gasteiger partial charge in [-0.25, -0.2) is 0 Å². The largest absolute Gasteiger partial charge is 0.467 e. The van der Waals surface area contributed by atoms with Crippen molar-refractivity contribution in [2.75, 3.05) is 25.5 Å². The molecule has 0 fully saturated rings. The summed E-state index contributed by atoms with van der Waals surface area (Å²) in [7, 11) is 3.86. The second-order valence-corrected chi connectivity index (χ2v) is 4.98. The highest BCUT2D eigenvalue weighted by molar-refractivity contribution is 5.96. The van der Waals surface area contributed by atoms with Crippen molar-refractivity contribution in [3.63, 3.8) is 0 Å². The number of benzene rings is 1. The van der Waals surface area contributed by atoms with Gasteiger partial charge in [0.05, 0.1) is 19.4 Å². The molecule has 1 aromatic heterocycles. The first-order chi connectivity index (χ1) is 10.6. The molecule has 0 saturated heterocycles. The van der Waals surface area contributed by atoms with Gasteiger partial charge in [0.15, 0.2) is 0 Å². The Morgan fingerprint density at radius 3 is 2.41 bits per heavy atom. The standard InChI is InChI=1S/C16H19N3O3/c1-19(2)13-7-5-12(6-8-13)16(21)18-11-15(20)17-10-14-4-3-9-22-14/h3-9H,10-11H2,1-2H3,(H,17,20)(H,18,21). The average molecular weight is 301 g/mol. The van der Waals surface area contributed by atoms with Gasteiger partial charge in [-0.2, -0.15) is 0 Å². The van der Waals surface area contributed by atoms with E-state index in [9.17, 15) is 9.59 Å². The predicted molar refractivity (Wildman–Crippen MR) is 83.7 cm³/mol. The summed E-state index contributed by atoms with van der Waals surface area (Å²) < 4.78 is 5.10. The highest BCUT2D eigenvalue weighted by Gasteiger charge is 2.08. The SMILES string of the molecule is CN(C)c1ccc(C(=O)NCC(=O)NCc2ccco2)cc1. The Kier molecular flexibility index (Phi) is 5.19. The zero-order valence-corrected chi connectivity index (χ0v) is 12.6. The lowest BCUT2D eigenvalue weighted by atomic mass is 10.2. The molecule has 6 heteroatoms. The average Bonchev–Trinajstić information content (AvgIpc) is 3.04. The monoisotopic (exact) mass is 301 g/mol. The van der Waals surface area contributed by atoms with E-state index < -0.39 is 0 Å². The van der Waals surface area contributed by atoms with E-state index in [0.29, 0.717) is 17.9 Å².